The number of fused-ring (bicyclic) bond motifs is 1. The highest BCUT2D eigenvalue weighted by Crippen LogP contribution is 2.33. The molecule has 11 heteroatoms. The van der Waals surface area contributed by atoms with Crippen LogP contribution in [0.5, 0.6) is 5.75 Å². The summed E-state index contributed by atoms with van der Waals surface area (Å²) in [6, 6.07) is 9.15. The monoisotopic (exact) mass is 552 g/mol. The number of benzene rings is 1. The van der Waals surface area contributed by atoms with Gasteiger partial charge in [-0.2, -0.15) is 10.4 Å². The molecule has 2 aliphatic rings. The van der Waals surface area contributed by atoms with E-state index in [0.29, 0.717) is 18.3 Å². The van der Waals surface area contributed by atoms with Crippen LogP contribution in [0.2, 0.25) is 0 Å². The largest absolute Gasteiger partial charge is 0.490 e. The van der Waals surface area contributed by atoms with Crippen molar-refractivity contribution in [1.82, 2.24) is 35.4 Å². The van der Waals surface area contributed by atoms with Crippen LogP contribution in [0.4, 0.5) is 8.78 Å². The van der Waals surface area contributed by atoms with Crippen LogP contribution in [0, 0.1) is 11.3 Å². The van der Waals surface area contributed by atoms with Crippen molar-refractivity contribution < 1.29 is 14.9 Å². The summed E-state index contributed by atoms with van der Waals surface area (Å²) < 4.78 is 33.6. The molecular weight excluding hydrogens is 514 g/mol. The summed E-state index contributed by atoms with van der Waals surface area (Å²) in [4.78, 5) is 11.7. The smallest absolute Gasteiger partial charge is 0.263 e. The van der Waals surface area contributed by atoms with Gasteiger partial charge in [0.15, 0.2) is 0 Å². The van der Waals surface area contributed by atoms with Crippen LogP contribution in [0.25, 0.3) is 22.3 Å². The average molecular weight is 553 g/mol. The lowest BCUT2D eigenvalue weighted by Crippen LogP contribution is -2.34. The highest BCUT2D eigenvalue weighted by atomic mass is 19.3. The first-order chi connectivity index (χ1) is 19.5. The third-order valence-corrected chi connectivity index (χ3v) is 6.89. The molecule has 1 saturated heterocycles. The summed E-state index contributed by atoms with van der Waals surface area (Å²) in [6.07, 6.45) is 10.8. The number of ether oxygens (including phenoxy) is 1. The molecule has 0 unspecified atom stereocenters. The molecule has 3 aromatic heterocycles. The summed E-state index contributed by atoms with van der Waals surface area (Å²) >= 11 is 0. The van der Waals surface area contributed by atoms with Gasteiger partial charge in [0, 0.05) is 43.8 Å². The second-order valence-corrected chi connectivity index (χ2v) is 9.79. The van der Waals surface area contributed by atoms with E-state index in [-0.39, 0.29) is 13.1 Å². The number of nitrogens with one attached hydrogen (secondary N) is 3. The number of aromatic amines is 1. The SMILES string of the molecule is CC#N.CNCc1cc(OC2CCNCC2)cc(C(F)F)c1.[HH].c1nc(-c2cnn(C3CCC3)c2)c2cc[nH]c2n1. The molecule has 0 atom stereocenters. The maximum Gasteiger partial charge on any atom is 0.263 e. The molecule has 0 amide bonds. The van der Waals surface area contributed by atoms with E-state index in [1.165, 1.54) is 38.3 Å². The van der Waals surface area contributed by atoms with Crippen LogP contribution in [0.15, 0.2) is 49.2 Å². The van der Waals surface area contributed by atoms with E-state index in [1.54, 1.807) is 19.4 Å². The molecule has 40 heavy (non-hydrogen) atoms. The molecule has 9 nitrogen and oxygen atoms in total. The minimum atomic E-state index is -2.47. The fourth-order valence-electron chi connectivity index (χ4n) is 4.71. The van der Waals surface area contributed by atoms with Gasteiger partial charge in [-0.05, 0) is 82.1 Å². The first kappa shape index (κ1) is 29.1. The Morgan fingerprint density at radius 1 is 1.20 bits per heavy atom. The van der Waals surface area contributed by atoms with E-state index in [4.69, 9.17) is 10.00 Å². The number of aromatic nitrogens is 5. The Morgan fingerprint density at radius 2 is 1.98 bits per heavy atom. The third-order valence-electron chi connectivity index (χ3n) is 6.89. The fourth-order valence-corrected chi connectivity index (χ4v) is 4.71. The predicted molar refractivity (Wildman–Crippen MR) is 152 cm³/mol. The van der Waals surface area contributed by atoms with E-state index in [9.17, 15) is 8.78 Å². The van der Waals surface area contributed by atoms with E-state index in [0.717, 1.165) is 53.8 Å². The second kappa shape index (κ2) is 14.5. The van der Waals surface area contributed by atoms with Crippen molar-refractivity contribution >= 4 is 11.0 Å². The van der Waals surface area contributed by atoms with Crippen LogP contribution < -0.4 is 15.4 Å². The number of hydrogen-bond donors (Lipinski definition) is 3. The molecular formula is C29H38F2N8O. The minimum absolute atomic E-state index is 0. The zero-order valence-corrected chi connectivity index (χ0v) is 22.9. The topological polar surface area (TPSA) is 116 Å². The van der Waals surface area contributed by atoms with Crippen molar-refractivity contribution in [3.63, 3.8) is 0 Å². The zero-order valence-electron chi connectivity index (χ0n) is 22.9. The minimum Gasteiger partial charge on any atom is -0.490 e. The van der Waals surface area contributed by atoms with Gasteiger partial charge in [0.25, 0.3) is 6.43 Å². The molecule has 1 aliphatic heterocycles. The number of halogens is 2. The van der Waals surface area contributed by atoms with Gasteiger partial charge in [-0.3, -0.25) is 4.68 Å². The van der Waals surface area contributed by atoms with E-state index in [1.807, 2.05) is 24.5 Å². The number of alkyl halides is 2. The van der Waals surface area contributed by atoms with Gasteiger partial charge in [-0.15, -0.1) is 0 Å². The van der Waals surface area contributed by atoms with E-state index >= 15 is 0 Å². The molecule has 4 heterocycles. The van der Waals surface area contributed by atoms with Crippen LogP contribution in [-0.2, 0) is 6.54 Å². The van der Waals surface area contributed by atoms with Crippen molar-refractivity contribution in [3.05, 3.63) is 60.3 Å². The number of nitriles is 1. The molecule has 0 spiro atoms. The molecule has 3 N–H and O–H groups in total. The van der Waals surface area contributed by atoms with Gasteiger partial charge in [-0.1, -0.05) is 0 Å². The molecule has 0 radical (unpaired) electrons. The molecule has 1 aromatic carbocycles. The summed E-state index contributed by atoms with van der Waals surface area (Å²) in [5.74, 6) is 0.551. The number of H-pyrrole nitrogens is 1. The quantitative estimate of drug-likeness (QED) is 0.265. The van der Waals surface area contributed by atoms with Crippen molar-refractivity contribution in [2.75, 3.05) is 20.1 Å². The Morgan fingerprint density at radius 3 is 2.65 bits per heavy atom. The molecule has 2 fully saturated rings. The zero-order chi connectivity index (χ0) is 28.3. The Hall–Kier alpha value is -3.88. The average Bonchev–Trinajstić information content (AvgIpc) is 3.59. The lowest BCUT2D eigenvalue weighted by atomic mass is 9.93. The number of piperidine rings is 1. The Kier molecular flexibility index (Phi) is 10.5. The summed E-state index contributed by atoms with van der Waals surface area (Å²) in [6.45, 7) is 3.83. The molecule has 0 bridgehead atoms. The Labute approximate surface area is 234 Å². The van der Waals surface area contributed by atoms with E-state index in [2.05, 4.69) is 41.6 Å². The lowest BCUT2D eigenvalue weighted by Gasteiger charge is -2.25. The molecule has 1 saturated carbocycles. The first-order valence-electron chi connectivity index (χ1n) is 13.6. The van der Waals surface area contributed by atoms with Gasteiger partial charge in [0.2, 0.25) is 0 Å². The first-order valence-corrected chi connectivity index (χ1v) is 13.6. The van der Waals surface area contributed by atoms with Crippen molar-refractivity contribution in [2.45, 2.75) is 64.1 Å². The predicted octanol–water partition coefficient (Wildman–Crippen LogP) is 5.80. The van der Waals surface area contributed by atoms with E-state index < -0.39 is 6.43 Å². The fraction of sp³-hybridized carbons (Fsp3) is 0.448. The number of hydrogen-bond acceptors (Lipinski definition) is 7. The molecule has 6 rings (SSSR count). The van der Waals surface area contributed by atoms with Crippen LogP contribution >= 0.6 is 0 Å². The molecule has 4 aromatic rings. The van der Waals surface area contributed by atoms with Gasteiger partial charge in [-0.25, -0.2) is 18.7 Å². The number of rotatable bonds is 7. The highest BCUT2D eigenvalue weighted by Gasteiger charge is 2.21. The van der Waals surface area contributed by atoms with Gasteiger partial charge in [0.1, 0.15) is 23.8 Å². The summed E-state index contributed by atoms with van der Waals surface area (Å²) in [7, 11) is 1.79. The second-order valence-electron chi connectivity index (χ2n) is 9.79. The maximum absolute atomic E-state index is 12.9. The normalized spacial score (nSPS) is 15.4. The van der Waals surface area contributed by atoms with Crippen LogP contribution in [0.1, 0.15) is 64.0 Å². The van der Waals surface area contributed by atoms with Gasteiger partial charge < -0.3 is 20.4 Å². The maximum atomic E-state index is 12.9. The van der Waals surface area contributed by atoms with Crippen LogP contribution in [0.3, 0.4) is 0 Å². The molecule has 1 aliphatic carbocycles. The Balaban J connectivity index is 0.000000202. The summed E-state index contributed by atoms with van der Waals surface area (Å²) in [5, 5.41) is 19.0. The third kappa shape index (κ3) is 7.61. The summed E-state index contributed by atoms with van der Waals surface area (Å²) in [5.41, 5.74) is 3.73. The van der Waals surface area contributed by atoms with Crippen molar-refractivity contribution in [2.24, 2.45) is 0 Å². The van der Waals surface area contributed by atoms with Crippen LogP contribution in [-0.4, -0.2) is 51.0 Å². The standard InChI is InChI=1S/C14H20F2N2O.C13H13N5.C2H3N.H2/c1-17-9-10-6-11(14(15)16)8-13(7-10)19-12-2-4-18-5-3-12;1-2-10(3-1)18-7-9(6-17-18)12-11-4-5-14-13(11)16-8-15-12;1-2-3;/h6-8,12,14,17-18H,2-5,9H2,1H3;4-8,10H,1-3H2,(H,14,15,16);1H3;1H. The lowest BCUT2D eigenvalue weighted by molar-refractivity contribution is 0.146. The van der Waals surface area contributed by atoms with Gasteiger partial charge in [0.05, 0.1) is 24.0 Å². The molecule has 214 valence electrons. The van der Waals surface area contributed by atoms with Crippen molar-refractivity contribution in [3.8, 4) is 23.1 Å². The highest BCUT2D eigenvalue weighted by molar-refractivity contribution is 5.89. The Bertz CT molecular complexity index is 1390. The van der Waals surface area contributed by atoms with Gasteiger partial charge >= 0.3 is 0 Å². The van der Waals surface area contributed by atoms with Crippen molar-refractivity contribution in [1.29, 1.82) is 5.26 Å². The number of nitrogens with zero attached hydrogens (tertiary/aromatic N) is 5.